The molecule has 24 heavy (non-hydrogen) atoms. The number of likely N-dealkylation sites (tertiary alicyclic amines) is 1. The van der Waals surface area contributed by atoms with E-state index < -0.39 is 0 Å². The highest BCUT2D eigenvalue weighted by atomic mass is 35.5. The van der Waals surface area contributed by atoms with Crippen LogP contribution in [0.15, 0.2) is 17.5 Å². The Morgan fingerprint density at radius 1 is 1.38 bits per heavy atom. The molecule has 0 saturated carbocycles. The molecule has 2 saturated heterocycles. The maximum atomic E-state index is 12.3. The maximum Gasteiger partial charge on any atom is 0.224 e. The van der Waals surface area contributed by atoms with E-state index in [0.29, 0.717) is 6.04 Å². The molecule has 2 aliphatic rings. The van der Waals surface area contributed by atoms with E-state index in [4.69, 9.17) is 0 Å². The molecule has 0 aliphatic carbocycles. The molecular formula is C17H29Cl2N3OS. The van der Waals surface area contributed by atoms with Crippen molar-refractivity contribution in [2.75, 3.05) is 32.7 Å². The molecular weight excluding hydrogens is 365 g/mol. The summed E-state index contributed by atoms with van der Waals surface area (Å²) in [7, 11) is 0. The summed E-state index contributed by atoms with van der Waals surface area (Å²) in [5.74, 6) is 1.21. The first-order chi connectivity index (χ1) is 10.7. The van der Waals surface area contributed by atoms with Crippen LogP contribution in [0, 0.1) is 11.8 Å². The highest BCUT2D eigenvalue weighted by Crippen LogP contribution is 2.29. The number of nitrogens with zero attached hydrogens (tertiary/aromatic N) is 1. The molecule has 7 heteroatoms. The number of hydrogen-bond donors (Lipinski definition) is 2. The van der Waals surface area contributed by atoms with Crippen LogP contribution in [0.3, 0.4) is 0 Å². The Bertz CT molecular complexity index is 472. The molecule has 2 N–H and O–H groups in total. The minimum absolute atomic E-state index is 0. The molecule has 0 spiro atoms. The van der Waals surface area contributed by atoms with Crippen LogP contribution >= 0.6 is 36.2 Å². The molecule has 2 aliphatic heterocycles. The third kappa shape index (κ3) is 5.60. The molecule has 0 radical (unpaired) electrons. The molecule has 0 aromatic carbocycles. The maximum absolute atomic E-state index is 12.3. The van der Waals surface area contributed by atoms with Crippen LogP contribution in [0.1, 0.15) is 37.1 Å². The van der Waals surface area contributed by atoms with Gasteiger partial charge in [-0.15, -0.1) is 36.2 Å². The zero-order chi connectivity index (χ0) is 15.4. The molecule has 3 rings (SSSR count). The normalized spacial score (nSPS) is 23.1. The first-order valence-electron chi connectivity index (χ1n) is 8.50. The van der Waals surface area contributed by atoms with Crippen molar-refractivity contribution in [1.29, 1.82) is 0 Å². The molecule has 2 unspecified atom stereocenters. The van der Waals surface area contributed by atoms with Gasteiger partial charge in [0, 0.05) is 18.0 Å². The number of hydrogen-bond acceptors (Lipinski definition) is 4. The van der Waals surface area contributed by atoms with Crippen LogP contribution in [0.5, 0.6) is 0 Å². The first-order valence-corrected chi connectivity index (χ1v) is 9.38. The number of carbonyl (C=O) groups excluding carboxylic acids is 1. The number of amides is 1. The average molecular weight is 394 g/mol. The minimum atomic E-state index is 0. The van der Waals surface area contributed by atoms with E-state index in [1.165, 1.54) is 17.7 Å². The van der Waals surface area contributed by atoms with E-state index >= 15 is 0 Å². The highest BCUT2D eigenvalue weighted by molar-refractivity contribution is 7.10. The summed E-state index contributed by atoms with van der Waals surface area (Å²) in [6.45, 7) is 7.17. The van der Waals surface area contributed by atoms with Crippen LogP contribution in [0.25, 0.3) is 0 Å². The van der Waals surface area contributed by atoms with Crippen molar-refractivity contribution < 1.29 is 4.79 Å². The highest BCUT2D eigenvalue weighted by Gasteiger charge is 2.27. The fraction of sp³-hybridized carbons (Fsp3) is 0.706. The van der Waals surface area contributed by atoms with Crippen molar-refractivity contribution in [1.82, 2.24) is 15.5 Å². The minimum Gasteiger partial charge on any atom is -0.354 e. The largest absolute Gasteiger partial charge is 0.354 e. The number of thiophene rings is 1. The molecule has 138 valence electrons. The monoisotopic (exact) mass is 393 g/mol. The molecule has 1 amide bonds. The SMILES string of the molecule is CC1CCN(C(CNC(=O)C2CCNC2)c2cccs2)CC1.Cl.Cl. The standard InChI is InChI=1S/C17H27N3OS.2ClH/c1-13-5-8-20(9-6-13)15(16-3-2-10-22-16)12-19-17(21)14-4-7-18-11-14;;/h2-3,10,13-15,18H,4-9,11-12H2,1H3,(H,19,21);2*1H. The van der Waals surface area contributed by atoms with Gasteiger partial charge in [0.1, 0.15) is 0 Å². The van der Waals surface area contributed by atoms with Gasteiger partial charge in [-0.1, -0.05) is 13.0 Å². The van der Waals surface area contributed by atoms with Crippen molar-refractivity contribution in [2.24, 2.45) is 11.8 Å². The lowest BCUT2D eigenvalue weighted by molar-refractivity contribution is -0.124. The Morgan fingerprint density at radius 2 is 2.12 bits per heavy atom. The summed E-state index contributed by atoms with van der Waals surface area (Å²) in [6.07, 6.45) is 3.50. The second-order valence-electron chi connectivity index (χ2n) is 6.68. The summed E-state index contributed by atoms with van der Waals surface area (Å²) in [6, 6.07) is 4.66. The van der Waals surface area contributed by atoms with Crippen LogP contribution < -0.4 is 10.6 Å². The third-order valence-corrected chi connectivity index (χ3v) is 6.00. The molecule has 1 aromatic rings. The summed E-state index contributed by atoms with van der Waals surface area (Å²) >= 11 is 1.80. The molecule has 3 heterocycles. The molecule has 0 bridgehead atoms. The number of halogens is 2. The average Bonchev–Trinajstić information content (AvgIpc) is 3.22. The van der Waals surface area contributed by atoms with Gasteiger partial charge < -0.3 is 10.6 Å². The quantitative estimate of drug-likeness (QED) is 0.807. The van der Waals surface area contributed by atoms with Crippen LogP contribution in [0.2, 0.25) is 0 Å². The van der Waals surface area contributed by atoms with Crippen molar-refractivity contribution in [3.63, 3.8) is 0 Å². The van der Waals surface area contributed by atoms with Gasteiger partial charge in [-0.05, 0) is 56.3 Å². The Hall–Kier alpha value is -0.330. The van der Waals surface area contributed by atoms with Gasteiger partial charge in [-0.25, -0.2) is 0 Å². The van der Waals surface area contributed by atoms with E-state index in [0.717, 1.165) is 45.1 Å². The van der Waals surface area contributed by atoms with Crippen LogP contribution in [-0.2, 0) is 4.79 Å². The topological polar surface area (TPSA) is 44.4 Å². The van der Waals surface area contributed by atoms with Gasteiger partial charge in [-0.3, -0.25) is 9.69 Å². The van der Waals surface area contributed by atoms with Crippen molar-refractivity contribution in [2.45, 2.75) is 32.2 Å². The molecule has 2 fully saturated rings. The Morgan fingerprint density at radius 3 is 2.71 bits per heavy atom. The first kappa shape index (κ1) is 21.7. The molecule has 1 aromatic heterocycles. The lowest BCUT2D eigenvalue weighted by Gasteiger charge is -2.36. The Balaban J connectivity index is 0.00000144. The fourth-order valence-electron chi connectivity index (χ4n) is 3.45. The smallest absolute Gasteiger partial charge is 0.224 e. The lowest BCUT2D eigenvalue weighted by atomic mass is 9.97. The lowest BCUT2D eigenvalue weighted by Crippen LogP contribution is -2.43. The summed E-state index contributed by atoms with van der Waals surface area (Å²) < 4.78 is 0. The van der Waals surface area contributed by atoms with Gasteiger partial charge in [0.15, 0.2) is 0 Å². The Labute approximate surface area is 161 Å². The van der Waals surface area contributed by atoms with Crippen LogP contribution in [-0.4, -0.2) is 43.5 Å². The van der Waals surface area contributed by atoms with Crippen molar-refractivity contribution in [3.05, 3.63) is 22.4 Å². The van der Waals surface area contributed by atoms with Crippen molar-refractivity contribution >= 4 is 42.1 Å². The third-order valence-electron chi connectivity index (χ3n) is 5.03. The zero-order valence-corrected chi connectivity index (χ0v) is 16.7. The number of carbonyl (C=O) groups is 1. The van der Waals surface area contributed by atoms with Crippen molar-refractivity contribution in [3.8, 4) is 0 Å². The van der Waals surface area contributed by atoms with E-state index in [9.17, 15) is 4.79 Å². The van der Waals surface area contributed by atoms with Gasteiger partial charge in [0.2, 0.25) is 5.91 Å². The van der Waals surface area contributed by atoms with E-state index in [1.54, 1.807) is 11.3 Å². The number of rotatable bonds is 5. The van der Waals surface area contributed by atoms with Gasteiger partial charge in [-0.2, -0.15) is 0 Å². The second kappa shape index (κ2) is 10.6. The Kier molecular flexibility index (Phi) is 9.60. The summed E-state index contributed by atoms with van der Waals surface area (Å²) in [5, 5.41) is 8.61. The van der Waals surface area contributed by atoms with Gasteiger partial charge in [0.05, 0.1) is 12.0 Å². The molecule has 2 atom stereocenters. The second-order valence-corrected chi connectivity index (χ2v) is 7.66. The van der Waals surface area contributed by atoms with Crippen LogP contribution in [0.4, 0.5) is 0 Å². The zero-order valence-electron chi connectivity index (χ0n) is 14.2. The predicted octanol–water partition coefficient (Wildman–Crippen LogP) is 3.09. The van der Waals surface area contributed by atoms with E-state index in [-0.39, 0.29) is 36.6 Å². The number of piperidine rings is 1. The van der Waals surface area contributed by atoms with Gasteiger partial charge >= 0.3 is 0 Å². The predicted molar refractivity (Wildman–Crippen MR) is 106 cm³/mol. The summed E-state index contributed by atoms with van der Waals surface area (Å²) in [5.41, 5.74) is 0. The number of nitrogens with one attached hydrogen (secondary N) is 2. The molecule has 4 nitrogen and oxygen atoms in total. The van der Waals surface area contributed by atoms with E-state index in [2.05, 4.69) is 40.0 Å². The van der Waals surface area contributed by atoms with Gasteiger partial charge in [0.25, 0.3) is 0 Å². The van der Waals surface area contributed by atoms with E-state index in [1.807, 2.05) is 0 Å². The summed E-state index contributed by atoms with van der Waals surface area (Å²) in [4.78, 5) is 16.2. The fourth-order valence-corrected chi connectivity index (χ4v) is 4.31.